The topological polar surface area (TPSA) is 136 Å². The van der Waals surface area contributed by atoms with Gasteiger partial charge in [-0.05, 0) is 31.7 Å². The van der Waals surface area contributed by atoms with Crippen LogP contribution in [-0.4, -0.2) is 88.8 Å². The molecule has 0 atom stereocenters. The molecule has 4 aromatic rings. The van der Waals surface area contributed by atoms with E-state index in [0.717, 1.165) is 12.1 Å². The Bertz CT molecular complexity index is 1670. The number of aromatic amines is 1. The third-order valence-corrected chi connectivity index (χ3v) is 8.68. The van der Waals surface area contributed by atoms with Crippen molar-refractivity contribution in [3.8, 4) is 34.3 Å². The van der Waals surface area contributed by atoms with E-state index < -0.39 is 15.6 Å². The summed E-state index contributed by atoms with van der Waals surface area (Å²) in [5, 5.41) is 4.39. The minimum absolute atomic E-state index is 0.00727. The summed E-state index contributed by atoms with van der Waals surface area (Å²) < 4.78 is 41.2. The Morgan fingerprint density at radius 1 is 1.08 bits per heavy atom. The van der Waals surface area contributed by atoms with Gasteiger partial charge in [0.1, 0.15) is 22.0 Å². The summed E-state index contributed by atoms with van der Waals surface area (Å²) in [6.07, 6.45) is 1.29. The maximum Gasteiger partial charge on any atom is 0.279 e. The molecule has 1 saturated heterocycles. The van der Waals surface area contributed by atoms with Crippen molar-refractivity contribution in [2.45, 2.75) is 18.7 Å². The molecule has 0 spiro atoms. The van der Waals surface area contributed by atoms with Crippen LogP contribution >= 0.6 is 0 Å². The van der Waals surface area contributed by atoms with Crippen molar-refractivity contribution >= 4 is 21.1 Å². The van der Waals surface area contributed by atoms with Gasteiger partial charge in [-0.2, -0.15) is 9.40 Å². The molecule has 1 aromatic carbocycles. The number of fused-ring (bicyclic) bond motifs is 1. The lowest BCUT2D eigenvalue weighted by atomic mass is 10.1. The van der Waals surface area contributed by atoms with Crippen molar-refractivity contribution in [2.24, 2.45) is 7.05 Å². The molecule has 5 rings (SSSR count). The molecule has 4 heterocycles. The van der Waals surface area contributed by atoms with Gasteiger partial charge in [0.15, 0.2) is 5.52 Å². The third kappa shape index (κ3) is 5.00. The summed E-state index contributed by atoms with van der Waals surface area (Å²) in [5.41, 5.74) is 1.68. The molecule has 0 aliphatic carbocycles. The Kier molecular flexibility index (Phi) is 7.38. The maximum absolute atomic E-state index is 13.5. The molecular weight excluding hydrogens is 522 g/mol. The molecule has 0 bridgehead atoms. The molecule has 1 aliphatic heterocycles. The largest absolute Gasteiger partial charge is 0.497 e. The van der Waals surface area contributed by atoms with Gasteiger partial charge >= 0.3 is 0 Å². The zero-order chi connectivity index (χ0) is 27.7. The van der Waals surface area contributed by atoms with Crippen LogP contribution in [0.15, 0.2) is 46.2 Å². The summed E-state index contributed by atoms with van der Waals surface area (Å²) in [7, 11) is -0.516. The molecule has 39 heavy (non-hydrogen) atoms. The molecular formula is C26H31N7O5S. The van der Waals surface area contributed by atoms with Gasteiger partial charge in [-0.15, -0.1) is 0 Å². The number of nitrogens with one attached hydrogen (secondary N) is 1. The number of hydrogen-bond donors (Lipinski definition) is 1. The first-order valence-electron chi connectivity index (χ1n) is 12.7. The van der Waals surface area contributed by atoms with Crippen molar-refractivity contribution < 1.29 is 17.9 Å². The number of hydrogen-bond acceptors (Lipinski definition) is 9. The summed E-state index contributed by atoms with van der Waals surface area (Å²) in [4.78, 5) is 27.2. The van der Waals surface area contributed by atoms with Crippen molar-refractivity contribution in [3.63, 3.8) is 0 Å². The second kappa shape index (κ2) is 10.8. The van der Waals surface area contributed by atoms with E-state index in [0.29, 0.717) is 49.7 Å². The molecule has 206 valence electrons. The molecule has 0 amide bonds. The molecule has 13 heteroatoms. The normalized spacial score (nSPS) is 15.1. The van der Waals surface area contributed by atoms with Crippen LogP contribution in [-0.2, 0) is 17.1 Å². The predicted molar refractivity (Wildman–Crippen MR) is 146 cm³/mol. The van der Waals surface area contributed by atoms with E-state index in [4.69, 9.17) is 14.5 Å². The number of likely N-dealkylation sites (N-methyl/N-ethyl adjacent to an activating group) is 1. The van der Waals surface area contributed by atoms with E-state index >= 15 is 0 Å². The second-order valence-electron chi connectivity index (χ2n) is 9.11. The number of aryl methyl sites for hydroxylation is 1. The summed E-state index contributed by atoms with van der Waals surface area (Å²) >= 11 is 0. The minimum Gasteiger partial charge on any atom is -0.497 e. The number of rotatable bonds is 8. The Hall–Kier alpha value is -3.81. The quantitative estimate of drug-likeness (QED) is 0.348. The molecule has 1 N–H and O–H groups in total. The van der Waals surface area contributed by atoms with E-state index in [1.54, 1.807) is 25.8 Å². The van der Waals surface area contributed by atoms with Crippen LogP contribution in [0, 0.1) is 0 Å². The van der Waals surface area contributed by atoms with Gasteiger partial charge in [0.25, 0.3) is 5.56 Å². The van der Waals surface area contributed by atoms with Crippen molar-refractivity contribution in [1.29, 1.82) is 0 Å². The lowest BCUT2D eigenvalue weighted by molar-refractivity contribution is 0.196. The Labute approximate surface area is 226 Å². The lowest BCUT2D eigenvalue weighted by Gasteiger charge is -2.33. The monoisotopic (exact) mass is 553 g/mol. The van der Waals surface area contributed by atoms with Gasteiger partial charge in [-0.3, -0.25) is 9.48 Å². The van der Waals surface area contributed by atoms with Crippen LogP contribution in [0.1, 0.15) is 13.8 Å². The average Bonchev–Trinajstić information content (AvgIpc) is 3.29. The highest BCUT2D eigenvalue weighted by molar-refractivity contribution is 7.89. The first-order chi connectivity index (χ1) is 18.8. The molecule has 0 radical (unpaired) electrons. The molecule has 3 aromatic heterocycles. The van der Waals surface area contributed by atoms with E-state index in [1.165, 1.54) is 16.6 Å². The number of methoxy groups -OCH3 is 1. The minimum atomic E-state index is -3.82. The standard InChI is InChI=1S/C26H31N7O5S/c1-5-32-10-12-33(13-11-32)39(35,36)19-15-20(26(27-16-19)38-6-2)24-28-21-22(25(34)29-24)30-31(3)23(21)17-8-7-9-18(14-17)37-4/h7-9,14-16H,5-6,10-13H2,1-4H3,(H,28,29,34). The van der Waals surface area contributed by atoms with Gasteiger partial charge in [0.2, 0.25) is 15.9 Å². The van der Waals surface area contributed by atoms with Crippen LogP contribution in [0.5, 0.6) is 11.6 Å². The van der Waals surface area contributed by atoms with Gasteiger partial charge in [-0.1, -0.05) is 19.1 Å². The van der Waals surface area contributed by atoms with Crippen LogP contribution in [0.4, 0.5) is 0 Å². The van der Waals surface area contributed by atoms with Gasteiger partial charge in [0.05, 0.1) is 31.2 Å². The summed E-state index contributed by atoms with van der Waals surface area (Å²) in [6.45, 7) is 7.11. The molecule has 12 nitrogen and oxygen atoms in total. The van der Waals surface area contributed by atoms with E-state index in [1.807, 2.05) is 24.3 Å². The Morgan fingerprint density at radius 3 is 2.54 bits per heavy atom. The molecule has 0 unspecified atom stereocenters. The smallest absolute Gasteiger partial charge is 0.279 e. The fourth-order valence-corrected chi connectivity index (χ4v) is 6.13. The summed E-state index contributed by atoms with van der Waals surface area (Å²) in [6, 6.07) is 8.83. The fraction of sp³-hybridized carbons (Fsp3) is 0.385. The van der Waals surface area contributed by atoms with Crippen LogP contribution in [0.2, 0.25) is 0 Å². The highest BCUT2D eigenvalue weighted by Gasteiger charge is 2.30. The van der Waals surface area contributed by atoms with E-state index in [9.17, 15) is 13.2 Å². The van der Waals surface area contributed by atoms with Crippen LogP contribution < -0.4 is 15.0 Å². The summed E-state index contributed by atoms with van der Waals surface area (Å²) in [5.74, 6) is 0.947. The Morgan fingerprint density at radius 2 is 1.85 bits per heavy atom. The van der Waals surface area contributed by atoms with Gasteiger partial charge in [0, 0.05) is 38.8 Å². The maximum atomic E-state index is 13.5. The highest BCUT2D eigenvalue weighted by Crippen LogP contribution is 2.32. The number of piperazine rings is 1. The molecule has 0 saturated carbocycles. The first-order valence-corrected chi connectivity index (χ1v) is 14.2. The van der Waals surface area contributed by atoms with Crippen LogP contribution in [0.3, 0.4) is 0 Å². The number of benzene rings is 1. The third-order valence-electron chi connectivity index (χ3n) is 6.81. The van der Waals surface area contributed by atoms with Gasteiger partial charge < -0.3 is 19.4 Å². The SMILES string of the molecule is CCOc1ncc(S(=O)(=O)N2CCN(CC)CC2)cc1-c1nc2c(-c3cccc(OC)c3)n(C)nc2c(=O)[nH]1. The average molecular weight is 554 g/mol. The highest BCUT2D eigenvalue weighted by atomic mass is 32.2. The van der Waals surface area contributed by atoms with Gasteiger partial charge in [-0.25, -0.2) is 18.4 Å². The number of nitrogens with zero attached hydrogens (tertiary/aromatic N) is 6. The zero-order valence-electron chi connectivity index (χ0n) is 22.3. The lowest BCUT2D eigenvalue weighted by Crippen LogP contribution is -2.48. The number of ether oxygens (including phenoxy) is 2. The number of H-pyrrole nitrogens is 1. The first kappa shape index (κ1) is 26.8. The van der Waals surface area contributed by atoms with E-state index in [2.05, 4.69) is 26.9 Å². The zero-order valence-corrected chi connectivity index (χ0v) is 23.2. The van der Waals surface area contributed by atoms with Crippen molar-refractivity contribution in [3.05, 3.63) is 46.9 Å². The second-order valence-corrected chi connectivity index (χ2v) is 11.0. The van der Waals surface area contributed by atoms with E-state index in [-0.39, 0.29) is 27.7 Å². The number of aromatic nitrogens is 5. The molecule has 1 fully saturated rings. The number of pyridine rings is 1. The van der Waals surface area contributed by atoms with Crippen LogP contribution in [0.25, 0.3) is 33.7 Å². The molecule has 1 aliphatic rings. The Balaban J connectivity index is 1.64. The van der Waals surface area contributed by atoms with Crippen molar-refractivity contribution in [1.82, 2.24) is 33.9 Å². The number of sulfonamides is 1. The predicted octanol–water partition coefficient (Wildman–Crippen LogP) is 2.12. The van der Waals surface area contributed by atoms with Crippen molar-refractivity contribution in [2.75, 3.05) is 46.4 Å². The fourth-order valence-electron chi connectivity index (χ4n) is 4.73.